The molecule has 2 heteroatoms. The van der Waals surface area contributed by atoms with Gasteiger partial charge in [-0.05, 0) is 12.1 Å². The number of hydrogen-bond donors (Lipinski definition) is 1. The average molecular weight is 227 g/mol. The van der Waals surface area contributed by atoms with E-state index in [9.17, 15) is 0 Å². The molecule has 0 aliphatic carbocycles. The zero-order chi connectivity index (χ0) is 11.9. The van der Waals surface area contributed by atoms with Crippen molar-refractivity contribution in [3.63, 3.8) is 0 Å². The van der Waals surface area contributed by atoms with Crippen molar-refractivity contribution >= 4 is 0 Å². The average Bonchev–Trinajstić information content (AvgIpc) is 2.39. The normalized spacial score (nSPS) is 12.3. The maximum atomic E-state index is 4.34. The zero-order valence-corrected chi connectivity index (χ0v) is 10.3. The topological polar surface area (TPSA) is 17.3 Å². The van der Waals surface area contributed by atoms with Crippen molar-refractivity contribution in [3.05, 3.63) is 66.0 Å². The third kappa shape index (κ3) is 4.00. The van der Waals surface area contributed by atoms with Crippen LogP contribution in [-0.4, -0.2) is 18.6 Å². The fourth-order valence-electron chi connectivity index (χ4n) is 1.92. The minimum absolute atomic E-state index is 1.04. The zero-order valence-electron chi connectivity index (χ0n) is 10.3. The highest BCUT2D eigenvalue weighted by atomic mass is 15.1. The van der Waals surface area contributed by atoms with E-state index in [1.807, 2.05) is 12.3 Å². The molecule has 0 radical (unpaired) electrons. The second-order valence-electron chi connectivity index (χ2n) is 4.44. The summed E-state index contributed by atoms with van der Waals surface area (Å²) >= 11 is 0. The molecule has 0 saturated heterocycles. The van der Waals surface area contributed by atoms with Gasteiger partial charge in [0.15, 0.2) is 0 Å². The summed E-state index contributed by atoms with van der Waals surface area (Å²) in [6, 6.07) is 16.7. The first kappa shape index (κ1) is 11.8. The molecule has 1 aromatic carbocycles. The molecule has 17 heavy (non-hydrogen) atoms. The number of nitrogens with zero attached hydrogens (tertiary/aromatic N) is 1. The Balaban J connectivity index is 1.80. The monoisotopic (exact) mass is 227 g/mol. The van der Waals surface area contributed by atoms with Gasteiger partial charge in [-0.15, -0.1) is 0 Å². The van der Waals surface area contributed by atoms with Crippen molar-refractivity contribution < 1.29 is 4.90 Å². The summed E-state index contributed by atoms with van der Waals surface area (Å²) in [6.07, 6.45) is 2.90. The van der Waals surface area contributed by atoms with Gasteiger partial charge in [-0.3, -0.25) is 4.98 Å². The molecule has 1 N–H and O–H groups in total. The van der Waals surface area contributed by atoms with E-state index in [4.69, 9.17) is 0 Å². The lowest BCUT2D eigenvalue weighted by Gasteiger charge is -2.13. The van der Waals surface area contributed by atoms with E-state index in [0.717, 1.165) is 19.5 Å². The lowest BCUT2D eigenvalue weighted by atomic mass is 10.2. The highest BCUT2D eigenvalue weighted by Crippen LogP contribution is 1.96. The van der Waals surface area contributed by atoms with E-state index < -0.39 is 0 Å². The molecule has 1 heterocycles. The minimum Gasteiger partial charge on any atom is -0.333 e. The summed E-state index contributed by atoms with van der Waals surface area (Å²) in [6.45, 7) is 2.19. The van der Waals surface area contributed by atoms with Crippen LogP contribution in [0.4, 0.5) is 0 Å². The van der Waals surface area contributed by atoms with E-state index in [0.29, 0.717) is 0 Å². The predicted octanol–water partition coefficient (Wildman–Crippen LogP) is 1.34. The first-order valence-corrected chi connectivity index (χ1v) is 6.10. The second kappa shape index (κ2) is 6.16. The van der Waals surface area contributed by atoms with Crippen LogP contribution in [0.5, 0.6) is 0 Å². The van der Waals surface area contributed by atoms with Crippen LogP contribution in [-0.2, 0) is 13.0 Å². The number of nitrogens with one attached hydrogen (secondary N) is 1. The lowest BCUT2D eigenvalue weighted by Crippen LogP contribution is -3.07. The number of hydrogen-bond acceptors (Lipinski definition) is 1. The van der Waals surface area contributed by atoms with Gasteiger partial charge in [0.1, 0.15) is 6.54 Å². The molecule has 1 unspecified atom stereocenters. The Morgan fingerprint density at radius 3 is 2.47 bits per heavy atom. The van der Waals surface area contributed by atoms with E-state index in [1.165, 1.54) is 16.2 Å². The Labute approximate surface area is 103 Å². The Morgan fingerprint density at radius 1 is 1.00 bits per heavy atom. The third-order valence-corrected chi connectivity index (χ3v) is 2.88. The van der Waals surface area contributed by atoms with Crippen molar-refractivity contribution in [2.45, 2.75) is 13.0 Å². The molecular formula is C15H19N2+. The number of aromatic nitrogens is 1. The van der Waals surface area contributed by atoms with Crippen LogP contribution in [0.1, 0.15) is 11.3 Å². The quantitative estimate of drug-likeness (QED) is 0.816. The first-order valence-electron chi connectivity index (χ1n) is 6.10. The van der Waals surface area contributed by atoms with Gasteiger partial charge in [0.05, 0.1) is 13.6 Å². The molecule has 0 fully saturated rings. The van der Waals surface area contributed by atoms with Gasteiger partial charge in [0.2, 0.25) is 0 Å². The molecule has 1 atom stereocenters. The van der Waals surface area contributed by atoms with Gasteiger partial charge in [0.25, 0.3) is 0 Å². The van der Waals surface area contributed by atoms with Crippen molar-refractivity contribution in [3.8, 4) is 0 Å². The standard InChI is InChI=1S/C15H18N2/c1-17(13-14-7-3-2-4-8-14)12-10-15-9-5-6-11-16-15/h2-9,11H,10,12-13H2,1H3/p+1. The Kier molecular flexibility index (Phi) is 4.28. The van der Waals surface area contributed by atoms with Crippen molar-refractivity contribution in [2.75, 3.05) is 13.6 Å². The molecule has 0 aliphatic rings. The van der Waals surface area contributed by atoms with Gasteiger partial charge in [-0.25, -0.2) is 0 Å². The summed E-state index contributed by atoms with van der Waals surface area (Å²) < 4.78 is 0. The van der Waals surface area contributed by atoms with Crippen molar-refractivity contribution in [2.24, 2.45) is 0 Å². The maximum Gasteiger partial charge on any atom is 0.103 e. The summed E-state index contributed by atoms with van der Waals surface area (Å²) in [5.74, 6) is 0. The molecular weight excluding hydrogens is 208 g/mol. The van der Waals surface area contributed by atoms with E-state index in [1.54, 1.807) is 0 Å². The van der Waals surface area contributed by atoms with Crippen LogP contribution in [0, 0.1) is 0 Å². The molecule has 0 bridgehead atoms. The van der Waals surface area contributed by atoms with Gasteiger partial charge >= 0.3 is 0 Å². The maximum absolute atomic E-state index is 4.34. The molecule has 2 aromatic rings. The molecule has 88 valence electrons. The van der Waals surface area contributed by atoms with Crippen molar-refractivity contribution in [1.82, 2.24) is 4.98 Å². The largest absolute Gasteiger partial charge is 0.333 e. The minimum atomic E-state index is 1.04. The molecule has 0 saturated carbocycles. The highest BCUT2D eigenvalue weighted by molar-refractivity contribution is 5.13. The van der Waals surface area contributed by atoms with Crippen LogP contribution in [0.2, 0.25) is 0 Å². The molecule has 0 spiro atoms. The third-order valence-electron chi connectivity index (χ3n) is 2.88. The molecule has 0 amide bonds. The van der Waals surface area contributed by atoms with E-state index in [2.05, 4.69) is 54.5 Å². The van der Waals surface area contributed by atoms with Crippen LogP contribution in [0.25, 0.3) is 0 Å². The van der Waals surface area contributed by atoms with Gasteiger partial charge < -0.3 is 4.90 Å². The summed E-state index contributed by atoms with van der Waals surface area (Å²) in [5.41, 5.74) is 2.57. The summed E-state index contributed by atoms with van der Waals surface area (Å²) in [7, 11) is 2.23. The smallest absolute Gasteiger partial charge is 0.103 e. The Morgan fingerprint density at radius 2 is 1.76 bits per heavy atom. The van der Waals surface area contributed by atoms with Crippen LogP contribution >= 0.6 is 0 Å². The van der Waals surface area contributed by atoms with Gasteiger partial charge in [-0.1, -0.05) is 36.4 Å². The van der Waals surface area contributed by atoms with Gasteiger partial charge in [0, 0.05) is 23.9 Å². The summed E-state index contributed by atoms with van der Waals surface area (Å²) in [5, 5.41) is 0. The molecule has 1 aromatic heterocycles. The van der Waals surface area contributed by atoms with E-state index in [-0.39, 0.29) is 0 Å². The van der Waals surface area contributed by atoms with Crippen LogP contribution < -0.4 is 4.90 Å². The van der Waals surface area contributed by atoms with Crippen LogP contribution in [0.3, 0.4) is 0 Å². The van der Waals surface area contributed by atoms with E-state index >= 15 is 0 Å². The Bertz CT molecular complexity index is 425. The fraction of sp³-hybridized carbons (Fsp3) is 0.267. The fourth-order valence-corrected chi connectivity index (χ4v) is 1.92. The lowest BCUT2D eigenvalue weighted by molar-refractivity contribution is -0.893. The molecule has 0 aliphatic heterocycles. The molecule has 2 rings (SSSR count). The number of pyridine rings is 1. The summed E-state index contributed by atoms with van der Waals surface area (Å²) in [4.78, 5) is 5.86. The van der Waals surface area contributed by atoms with Crippen molar-refractivity contribution in [1.29, 1.82) is 0 Å². The molecule has 2 nitrogen and oxygen atoms in total. The number of benzene rings is 1. The first-order chi connectivity index (χ1) is 8.34. The predicted molar refractivity (Wildman–Crippen MR) is 69.8 cm³/mol. The highest BCUT2D eigenvalue weighted by Gasteiger charge is 2.04. The number of likely N-dealkylation sites (N-methyl/N-ethyl adjacent to an activating group) is 1. The van der Waals surface area contributed by atoms with Gasteiger partial charge in [-0.2, -0.15) is 0 Å². The van der Waals surface area contributed by atoms with Crippen LogP contribution in [0.15, 0.2) is 54.7 Å². The SMILES string of the molecule is C[NH+](CCc1ccccn1)Cc1ccccc1. The number of quaternary nitrogens is 1. The number of rotatable bonds is 5. The second-order valence-corrected chi connectivity index (χ2v) is 4.44. The Hall–Kier alpha value is -1.67.